The maximum atomic E-state index is 12.3. The third-order valence-corrected chi connectivity index (χ3v) is 6.73. The molecule has 1 fully saturated rings. The molecule has 1 heterocycles. The molecule has 1 saturated heterocycles. The van der Waals surface area contributed by atoms with Crippen molar-refractivity contribution in [1.29, 1.82) is 0 Å². The molecule has 0 saturated carbocycles. The molecule has 3 N–H and O–H groups in total. The number of hydrogen-bond donors (Lipinski definition) is 3. The van der Waals surface area contributed by atoms with E-state index in [-0.39, 0.29) is 17.1 Å². The lowest BCUT2D eigenvalue weighted by atomic mass is 9.67. The summed E-state index contributed by atoms with van der Waals surface area (Å²) in [4.78, 5) is 14.2. The number of aliphatic carboxylic acids is 1. The van der Waals surface area contributed by atoms with E-state index in [9.17, 15) is 20.1 Å². The van der Waals surface area contributed by atoms with E-state index in [2.05, 4.69) is 13.8 Å². The number of aromatic hydroxyl groups is 1. The predicted octanol–water partition coefficient (Wildman–Crippen LogP) is 3.57. The minimum Gasteiger partial charge on any atom is -0.508 e. The highest BCUT2D eigenvalue weighted by Crippen LogP contribution is 2.44. The Balaban J connectivity index is 1.89. The van der Waals surface area contributed by atoms with Crippen molar-refractivity contribution in [3.8, 4) is 5.75 Å². The molecule has 28 heavy (non-hydrogen) atoms. The molecule has 0 aliphatic carbocycles. The van der Waals surface area contributed by atoms with Crippen LogP contribution in [0.4, 0.5) is 0 Å². The fourth-order valence-corrected chi connectivity index (χ4v) is 4.33. The van der Waals surface area contributed by atoms with Crippen molar-refractivity contribution in [2.75, 3.05) is 13.1 Å². The smallest absolute Gasteiger partial charge is 0.326 e. The maximum Gasteiger partial charge on any atom is 0.326 e. The topological polar surface area (TPSA) is 81.0 Å². The Hall–Kier alpha value is -2.37. The van der Waals surface area contributed by atoms with Crippen LogP contribution in [0.1, 0.15) is 44.4 Å². The molecule has 1 unspecified atom stereocenters. The second-order valence-corrected chi connectivity index (χ2v) is 8.33. The normalized spacial score (nSPS) is 26.4. The minimum absolute atomic E-state index is 0.143. The Morgan fingerprint density at radius 2 is 1.89 bits per heavy atom. The molecular formula is C23H29NO4. The first-order valence-electron chi connectivity index (χ1n) is 9.70. The van der Waals surface area contributed by atoms with E-state index in [0.717, 1.165) is 12.0 Å². The van der Waals surface area contributed by atoms with E-state index in [4.69, 9.17) is 0 Å². The fraction of sp³-hybridized carbons (Fsp3) is 0.435. The average Bonchev–Trinajstić information content (AvgIpc) is 2.69. The molecule has 0 bridgehead atoms. The molecule has 2 aromatic carbocycles. The summed E-state index contributed by atoms with van der Waals surface area (Å²) >= 11 is 0. The molecular weight excluding hydrogens is 354 g/mol. The van der Waals surface area contributed by atoms with Crippen LogP contribution in [0.3, 0.4) is 0 Å². The molecule has 4 atom stereocenters. The molecule has 3 rings (SSSR count). The number of likely N-dealkylation sites (tertiary alicyclic amines) is 1. The molecule has 1 aliphatic rings. The van der Waals surface area contributed by atoms with Crippen molar-refractivity contribution < 1.29 is 20.1 Å². The van der Waals surface area contributed by atoms with Crippen LogP contribution < -0.4 is 0 Å². The summed E-state index contributed by atoms with van der Waals surface area (Å²) in [6.45, 7) is 6.96. The zero-order valence-electron chi connectivity index (χ0n) is 16.7. The zero-order chi connectivity index (χ0) is 20.5. The van der Waals surface area contributed by atoms with E-state index in [1.54, 1.807) is 43.3 Å². The van der Waals surface area contributed by atoms with Gasteiger partial charge >= 0.3 is 5.97 Å². The van der Waals surface area contributed by atoms with Crippen LogP contribution in [0, 0.1) is 5.92 Å². The number of nitrogens with zero attached hydrogens (tertiary/aromatic N) is 1. The van der Waals surface area contributed by atoms with Gasteiger partial charge in [0.15, 0.2) is 0 Å². The van der Waals surface area contributed by atoms with E-state index >= 15 is 0 Å². The Morgan fingerprint density at radius 1 is 1.21 bits per heavy atom. The van der Waals surface area contributed by atoms with Crippen LogP contribution in [0.5, 0.6) is 5.75 Å². The SMILES string of the molecule is C[C@H]1CN(C(C)(C(=O)O)[C@@H](O)c2ccccc2)CC[C@@]1(C)c1cccc(O)c1. The first-order chi connectivity index (χ1) is 13.2. The molecule has 0 amide bonds. The van der Waals surface area contributed by atoms with Gasteiger partial charge in [-0.15, -0.1) is 0 Å². The Morgan fingerprint density at radius 3 is 2.46 bits per heavy atom. The lowest BCUT2D eigenvalue weighted by molar-refractivity contribution is -0.163. The van der Waals surface area contributed by atoms with Crippen molar-refractivity contribution in [1.82, 2.24) is 4.90 Å². The number of hydrogen-bond acceptors (Lipinski definition) is 4. The summed E-state index contributed by atoms with van der Waals surface area (Å²) in [5, 5.41) is 30.9. The van der Waals surface area contributed by atoms with Gasteiger partial charge in [-0.3, -0.25) is 9.69 Å². The van der Waals surface area contributed by atoms with Crippen molar-refractivity contribution in [2.24, 2.45) is 5.92 Å². The highest BCUT2D eigenvalue weighted by Gasteiger charge is 2.51. The number of phenolic OH excluding ortho intramolecular Hbond substituents is 1. The second-order valence-electron chi connectivity index (χ2n) is 8.33. The largest absolute Gasteiger partial charge is 0.508 e. The average molecular weight is 383 g/mol. The van der Waals surface area contributed by atoms with Crippen LogP contribution in [0.25, 0.3) is 0 Å². The van der Waals surface area contributed by atoms with Gasteiger partial charge in [0.25, 0.3) is 0 Å². The van der Waals surface area contributed by atoms with Gasteiger partial charge < -0.3 is 15.3 Å². The van der Waals surface area contributed by atoms with E-state index < -0.39 is 17.6 Å². The number of aliphatic hydroxyl groups is 1. The van der Waals surface area contributed by atoms with E-state index in [1.165, 1.54) is 0 Å². The molecule has 2 aromatic rings. The Bertz CT molecular complexity index is 840. The number of aliphatic hydroxyl groups excluding tert-OH is 1. The van der Waals surface area contributed by atoms with Crippen LogP contribution in [-0.2, 0) is 10.2 Å². The number of rotatable bonds is 5. The van der Waals surface area contributed by atoms with Gasteiger partial charge in [0.2, 0.25) is 0 Å². The molecule has 5 nitrogen and oxygen atoms in total. The van der Waals surface area contributed by atoms with Crippen LogP contribution >= 0.6 is 0 Å². The molecule has 0 spiro atoms. The first-order valence-corrected chi connectivity index (χ1v) is 9.70. The van der Waals surface area contributed by atoms with E-state index in [0.29, 0.717) is 18.7 Å². The zero-order valence-corrected chi connectivity index (χ0v) is 16.7. The molecule has 0 aromatic heterocycles. The third-order valence-electron chi connectivity index (χ3n) is 6.73. The highest BCUT2D eigenvalue weighted by atomic mass is 16.4. The third kappa shape index (κ3) is 3.40. The van der Waals surface area contributed by atoms with Gasteiger partial charge in [-0.1, -0.05) is 56.3 Å². The summed E-state index contributed by atoms with van der Waals surface area (Å²) in [5.41, 5.74) is 0.0592. The summed E-state index contributed by atoms with van der Waals surface area (Å²) in [6.07, 6.45) is -0.398. The number of benzene rings is 2. The lowest BCUT2D eigenvalue weighted by Gasteiger charge is -2.51. The lowest BCUT2D eigenvalue weighted by Crippen LogP contribution is -2.61. The number of carbonyl (C=O) groups is 1. The number of carboxylic acid groups (broad SMARTS) is 1. The standard InChI is InChI=1S/C23H29NO4/c1-16-15-24(13-12-22(16,2)18-10-7-11-19(25)14-18)23(3,21(27)28)20(26)17-8-5-4-6-9-17/h4-11,14,16,20,25-26H,12-13,15H2,1-3H3,(H,27,28)/t16-,20-,22+,23?/m0/s1. The van der Waals surface area contributed by atoms with Gasteiger partial charge in [-0.05, 0) is 47.9 Å². The predicted molar refractivity (Wildman–Crippen MR) is 108 cm³/mol. The summed E-state index contributed by atoms with van der Waals surface area (Å²) in [5.74, 6) is -0.648. The van der Waals surface area contributed by atoms with Crippen molar-refractivity contribution in [3.63, 3.8) is 0 Å². The van der Waals surface area contributed by atoms with Gasteiger partial charge in [-0.2, -0.15) is 0 Å². The number of phenols is 1. The summed E-state index contributed by atoms with van der Waals surface area (Å²) < 4.78 is 0. The second kappa shape index (κ2) is 7.57. The number of carboxylic acids is 1. The van der Waals surface area contributed by atoms with Crippen LogP contribution in [-0.4, -0.2) is 44.8 Å². The summed E-state index contributed by atoms with van der Waals surface area (Å²) in [6, 6.07) is 16.3. The van der Waals surface area contributed by atoms with Crippen LogP contribution in [0.2, 0.25) is 0 Å². The quantitative estimate of drug-likeness (QED) is 0.735. The van der Waals surface area contributed by atoms with Crippen molar-refractivity contribution in [3.05, 3.63) is 65.7 Å². The van der Waals surface area contributed by atoms with Gasteiger partial charge in [0.1, 0.15) is 17.4 Å². The van der Waals surface area contributed by atoms with Crippen molar-refractivity contribution >= 4 is 5.97 Å². The summed E-state index contributed by atoms with van der Waals surface area (Å²) in [7, 11) is 0. The maximum absolute atomic E-state index is 12.3. The van der Waals surface area contributed by atoms with Gasteiger partial charge in [-0.25, -0.2) is 0 Å². The van der Waals surface area contributed by atoms with Gasteiger partial charge in [0.05, 0.1) is 0 Å². The molecule has 0 radical (unpaired) electrons. The van der Waals surface area contributed by atoms with Crippen molar-refractivity contribution in [2.45, 2.75) is 44.2 Å². The molecule has 5 heteroatoms. The minimum atomic E-state index is -1.42. The molecule has 150 valence electrons. The fourth-order valence-electron chi connectivity index (χ4n) is 4.33. The highest BCUT2D eigenvalue weighted by molar-refractivity contribution is 5.79. The molecule has 1 aliphatic heterocycles. The monoisotopic (exact) mass is 383 g/mol. The van der Waals surface area contributed by atoms with Crippen LogP contribution in [0.15, 0.2) is 54.6 Å². The first kappa shape index (κ1) is 20.4. The van der Waals surface area contributed by atoms with E-state index in [1.807, 2.05) is 23.1 Å². The number of piperidine rings is 1. The van der Waals surface area contributed by atoms with Gasteiger partial charge in [0, 0.05) is 13.1 Å². The Labute approximate surface area is 166 Å². The Kier molecular flexibility index (Phi) is 5.50.